The van der Waals surface area contributed by atoms with Gasteiger partial charge in [0.1, 0.15) is 6.61 Å². The third-order valence-electron chi connectivity index (χ3n) is 3.49. The number of carbonyl (C=O) groups excluding carboxylic acids is 1. The highest BCUT2D eigenvalue weighted by Crippen LogP contribution is 2.26. The number of hydrogen-bond acceptors (Lipinski definition) is 4. The van der Waals surface area contributed by atoms with E-state index in [1.54, 1.807) is 12.3 Å². The topological polar surface area (TPSA) is 63.2 Å². The van der Waals surface area contributed by atoms with E-state index in [0.29, 0.717) is 16.2 Å². The summed E-state index contributed by atoms with van der Waals surface area (Å²) in [5.41, 5.74) is 1.07. The summed E-state index contributed by atoms with van der Waals surface area (Å²) >= 11 is 6.07. The predicted octanol–water partition coefficient (Wildman–Crippen LogP) is 2.21. The molecule has 1 aliphatic rings. The van der Waals surface area contributed by atoms with Crippen LogP contribution in [0.15, 0.2) is 30.5 Å². The lowest BCUT2D eigenvalue weighted by atomic mass is 10.0. The van der Waals surface area contributed by atoms with Crippen molar-refractivity contribution in [2.24, 2.45) is 0 Å². The Morgan fingerprint density at radius 1 is 1.52 bits per heavy atom. The summed E-state index contributed by atoms with van der Waals surface area (Å²) in [6.07, 6.45) is 1.68. The maximum absolute atomic E-state index is 12.0. The molecule has 3 rings (SSSR count). The first kappa shape index (κ1) is 14.3. The Bertz CT molecular complexity index is 686. The van der Waals surface area contributed by atoms with Gasteiger partial charge in [0.25, 0.3) is 0 Å². The van der Waals surface area contributed by atoms with Crippen molar-refractivity contribution in [3.63, 3.8) is 0 Å². The number of hydrogen-bond donors (Lipinski definition) is 2. The zero-order valence-corrected chi connectivity index (χ0v) is 12.4. The fourth-order valence-electron chi connectivity index (χ4n) is 2.26. The molecule has 2 aromatic rings. The number of amides is 1. The number of nitrogens with one attached hydrogen (secondary N) is 2. The lowest BCUT2D eigenvalue weighted by Crippen LogP contribution is -2.59. The van der Waals surface area contributed by atoms with E-state index in [2.05, 4.69) is 15.6 Å². The van der Waals surface area contributed by atoms with Gasteiger partial charge in [-0.3, -0.25) is 9.78 Å². The molecular formula is C15H16ClN3O2. The van der Waals surface area contributed by atoms with Crippen LogP contribution in [0, 0.1) is 0 Å². The molecule has 21 heavy (non-hydrogen) atoms. The average molecular weight is 306 g/mol. The smallest absolute Gasteiger partial charge is 0.250 e. The quantitative estimate of drug-likeness (QED) is 0.909. The molecular weight excluding hydrogens is 290 g/mol. The number of benzene rings is 1. The normalized spacial score (nSPS) is 16.5. The van der Waals surface area contributed by atoms with E-state index in [1.807, 2.05) is 25.1 Å². The van der Waals surface area contributed by atoms with E-state index >= 15 is 0 Å². The van der Waals surface area contributed by atoms with E-state index in [9.17, 15) is 4.79 Å². The van der Waals surface area contributed by atoms with Gasteiger partial charge in [-0.25, -0.2) is 0 Å². The molecule has 0 bridgehead atoms. The number of aromatic nitrogens is 1. The molecule has 0 saturated carbocycles. The van der Waals surface area contributed by atoms with Crippen LogP contribution in [0.2, 0.25) is 5.02 Å². The van der Waals surface area contributed by atoms with E-state index in [1.165, 1.54) is 0 Å². The Labute approximate surface area is 127 Å². The first-order chi connectivity index (χ1) is 10.1. The highest BCUT2D eigenvalue weighted by Gasteiger charge is 2.33. The van der Waals surface area contributed by atoms with Crippen LogP contribution in [-0.2, 0) is 9.53 Å². The van der Waals surface area contributed by atoms with Crippen molar-refractivity contribution in [2.45, 2.75) is 12.5 Å². The Kier molecular flexibility index (Phi) is 3.80. The molecule has 0 aliphatic carbocycles. The number of halogens is 1. The molecule has 1 aromatic carbocycles. The predicted molar refractivity (Wildman–Crippen MR) is 82.6 cm³/mol. The minimum Gasteiger partial charge on any atom is -0.363 e. The van der Waals surface area contributed by atoms with E-state index in [4.69, 9.17) is 16.3 Å². The molecule has 0 unspecified atom stereocenters. The molecule has 110 valence electrons. The van der Waals surface area contributed by atoms with Gasteiger partial charge in [-0.2, -0.15) is 0 Å². The molecule has 6 heteroatoms. The first-order valence-corrected chi connectivity index (χ1v) is 7.12. The standard InChI is InChI=1S/C15H16ClN3O2/c1-15(8-17-9-15)21-7-13(20)19-12-6-11(16)5-10-3-2-4-18-14(10)12/h2-6,17H,7-9H2,1H3,(H,19,20). The van der Waals surface area contributed by atoms with Crippen molar-refractivity contribution >= 4 is 34.1 Å². The van der Waals surface area contributed by atoms with Crippen LogP contribution in [0.1, 0.15) is 6.92 Å². The summed E-state index contributed by atoms with van der Waals surface area (Å²) in [5.74, 6) is -0.211. The van der Waals surface area contributed by atoms with Crippen LogP contribution in [0.25, 0.3) is 10.9 Å². The summed E-state index contributed by atoms with van der Waals surface area (Å²) in [7, 11) is 0. The summed E-state index contributed by atoms with van der Waals surface area (Å²) in [6.45, 7) is 3.52. The van der Waals surface area contributed by atoms with Crippen LogP contribution in [0.3, 0.4) is 0 Å². The Morgan fingerprint density at radius 3 is 3.05 bits per heavy atom. The van der Waals surface area contributed by atoms with Gasteiger partial charge in [0.15, 0.2) is 0 Å². The van der Waals surface area contributed by atoms with Gasteiger partial charge in [0.05, 0.1) is 16.8 Å². The van der Waals surface area contributed by atoms with Gasteiger partial charge in [-0.15, -0.1) is 0 Å². The van der Waals surface area contributed by atoms with Gasteiger partial charge in [-0.05, 0) is 25.1 Å². The van der Waals surface area contributed by atoms with Crippen LogP contribution >= 0.6 is 11.6 Å². The maximum Gasteiger partial charge on any atom is 0.250 e. The third kappa shape index (κ3) is 3.15. The summed E-state index contributed by atoms with van der Waals surface area (Å²) in [4.78, 5) is 16.3. The van der Waals surface area contributed by atoms with Crippen molar-refractivity contribution < 1.29 is 9.53 Å². The van der Waals surface area contributed by atoms with Gasteiger partial charge in [-0.1, -0.05) is 17.7 Å². The minimum atomic E-state index is -0.244. The fraction of sp³-hybridized carbons (Fsp3) is 0.333. The highest BCUT2D eigenvalue weighted by atomic mass is 35.5. The number of carbonyl (C=O) groups is 1. The van der Waals surface area contributed by atoms with Crippen LogP contribution < -0.4 is 10.6 Å². The average Bonchev–Trinajstić information content (AvgIpc) is 2.43. The molecule has 1 saturated heterocycles. The molecule has 0 atom stereocenters. The van der Waals surface area contributed by atoms with E-state index < -0.39 is 0 Å². The third-order valence-corrected chi connectivity index (χ3v) is 3.71. The van der Waals surface area contributed by atoms with Crippen molar-refractivity contribution in [3.8, 4) is 0 Å². The molecule has 0 radical (unpaired) electrons. The first-order valence-electron chi connectivity index (χ1n) is 6.75. The molecule has 0 spiro atoms. The number of fused-ring (bicyclic) bond motifs is 1. The van der Waals surface area contributed by atoms with E-state index in [-0.39, 0.29) is 18.1 Å². The molecule has 2 N–H and O–H groups in total. The van der Waals surface area contributed by atoms with Crippen LogP contribution in [0.5, 0.6) is 0 Å². The van der Waals surface area contributed by atoms with Crippen LogP contribution in [0.4, 0.5) is 5.69 Å². The van der Waals surface area contributed by atoms with Crippen molar-refractivity contribution in [3.05, 3.63) is 35.5 Å². The second-order valence-corrected chi connectivity index (χ2v) is 5.86. The number of pyridine rings is 1. The molecule has 2 heterocycles. The summed E-state index contributed by atoms with van der Waals surface area (Å²) < 4.78 is 5.61. The SMILES string of the molecule is CC1(OCC(=O)Nc2cc(Cl)cc3cccnc23)CNC1. The Hall–Kier alpha value is -1.69. The number of anilines is 1. The molecule has 1 amide bonds. The van der Waals surface area contributed by atoms with Crippen molar-refractivity contribution in [2.75, 3.05) is 25.0 Å². The second kappa shape index (κ2) is 5.60. The van der Waals surface area contributed by atoms with Crippen molar-refractivity contribution in [1.29, 1.82) is 0 Å². The zero-order valence-electron chi connectivity index (χ0n) is 11.6. The number of rotatable bonds is 4. The lowest BCUT2D eigenvalue weighted by molar-refractivity contribution is -0.130. The Morgan fingerprint density at radius 2 is 2.33 bits per heavy atom. The lowest BCUT2D eigenvalue weighted by Gasteiger charge is -2.38. The zero-order chi connectivity index (χ0) is 14.9. The highest BCUT2D eigenvalue weighted by molar-refractivity contribution is 6.32. The van der Waals surface area contributed by atoms with Gasteiger partial charge in [0.2, 0.25) is 5.91 Å². The van der Waals surface area contributed by atoms with Gasteiger partial charge in [0, 0.05) is 29.7 Å². The maximum atomic E-state index is 12.0. The molecule has 5 nitrogen and oxygen atoms in total. The fourth-order valence-corrected chi connectivity index (χ4v) is 2.48. The largest absolute Gasteiger partial charge is 0.363 e. The van der Waals surface area contributed by atoms with Crippen LogP contribution in [-0.4, -0.2) is 36.2 Å². The Balaban J connectivity index is 1.73. The summed E-state index contributed by atoms with van der Waals surface area (Å²) in [6, 6.07) is 7.25. The number of nitrogens with zero attached hydrogens (tertiary/aromatic N) is 1. The van der Waals surface area contributed by atoms with E-state index in [0.717, 1.165) is 18.5 Å². The molecule has 1 fully saturated rings. The monoisotopic (exact) mass is 305 g/mol. The number of ether oxygens (including phenoxy) is 1. The van der Waals surface area contributed by atoms with Crippen molar-refractivity contribution in [1.82, 2.24) is 10.3 Å². The van der Waals surface area contributed by atoms with Gasteiger partial charge < -0.3 is 15.4 Å². The molecule has 1 aromatic heterocycles. The minimum absolute atomic E-state index is 0.0129. The van der Waals surface area contributed by atoms with Gasteiger partial charge >= 0.3 is 0 Å². The second-order valence-electron chi connectivity index (χ2n) is 5.42. The summed E-state index contributed by atoms with van der Waals surface area (Å²) in [5, 5.41) is 7.38. The molecule has 1 aliphatic heterocycles.